The Balaban J connectivity index is 1.27. The van der Waals surface area contributed by atoms with Gasteiger partial charge in [0.25, 0.3) is 0 Å². The number of hydrogen-bond donors (Lipinski definition) is 1. The molecule has 25 heavy (non-hydrogen) atoms. The molecule has 0 radical (unpaired) electrons. The molecule has 4 bridgehead atoms. The summed E-state index contributed by atoms with van der Waals surface area (Å²) in [5.74, 6) is 2.71. The van der Waals surface area contributed by atoms with E-state index in [4.69, 9.17) is 0 Å². The lowest BCUT2D eigenvalue weighted by atomic mass is 9.56. The van der Waals surface area contributed by atoms with Gasteiger partial charge in [0.05, 0.1) is 5.25 Å². The molecule has 2 nitrogen and oxygen atoms in total. The maximum absolute atomic E-state index is 12.9. The predicted octanol–water partition coefficient (Wildman–Crippen LogP) is 4.57. The third-order valence-corrected chi connectivity index (χ3v) is 7.97. The van der Waals surface area contributed by atoms with Crippen LogP contribution in [0.5, 0.6) is 0 Å². The van der Waals surface area contributed by atoms with Crippen LogP contribution in [-0.2, 0) is 11.2 Å². The second kappa shape index (κ2) is 6.94. The second-order valence-electron chi connectivity index (χ2n) is 8.53. The van der Waals surface area contributed by atoms with E-state index < -0.39 is 0 Å². The van der Waals surface area contributed by atoms with Crippen LogP contribution in [0.25, 0.3) is 0 Å². The van der Waals surface area contributed by atoms with Crippen molar-refractivity contribution in [2.24, 2.45) is 17.8 Å². The Morgan fingerprint density at radius 1 is 1.16 bits per heavy atom. The van der Waals surface area contributed by atoms with Crippen LogP contribution in [0.4, 0.5) is 4.39 Å². The molecular weight excluding hydrogens is 333 g/mol. The van der Waals surface area contributed by atoms with E-state index in [1.165, 1.54) is 50.7 Å². The van der Waals surface area contributed by atoms with Gasteiger partial charge in [-0.2, -0.15) is 0 Å². The quantitative estimate of drug-likeness (QED) is 0.804. The van der Waals surface area contributed by atoms with Gasteiger partial charge in [-0.05, 0) is 87.3 Å². The van der Waals surface area contributed by atoms with Gasteiger partial charge in [-0.25, -0.2) is 4.39 Å². The first-order valence-corrected chi connectivity index (χ1v) is 10.6. The molecule has 0 saturated heterocycles. The summed E-state index contributed by atoms with van der Waals surface area (Å²) in [5.41, 5.74) is 1.06. The topological polar surface area (TPSA) is 29.1 Å². The number of rotatable bonds is 6. The van der Waals surface area contributed by atoms with E-state index in [0.717, 1.165) is 29.7 Å². The summed E-state index contributed by atoms with van der Waals surface area (Å²) in [6.07, 6.45) is 9.07. The summed E-state index contributed by atoms with van der Waals surface area (Å²) in [5, 5.41) is 3.09. The Bertz CT molecular complexity index is 594. The first kappa shape index (κ1) is 17.4. The van der Waals surface area contributed by atoms with E-state index in [1.54, 1.807) is 12.1 Å². The van der Waals surface area contributed by atoms with Crippen LogP contribution in [0.15, 0.2) is 24.3 Å². The Hall–Kier alpha value is -1.03. The van der Waals surface area contributed by atoms with E-state index in [1.807, 2.05) is 11.8 Å². The van der Waals surface area contributed by atoms with Crippen LogP contribution in [0, 0.1) is 23.6 Å². The molecule has 5 rings (SSSR count). The summed E-state index contributed by atoms with van der Waals surface area (Å²) in [7, 11) is 0. The van der Waals surface area contributed by atoms with Crippen molar-refractivity contribution >= 4 is 17.7 Å². The van der Waals surface area contributed by atoms with E-state index in [2.05, 4.69) is 12.2 Å². The molecule has 4 aliphatic carbocycles. The molecule has 0 spiro atoms. The van der Waals surface area contributed by atoms with Gasteiger partial charge >= 0.3 is 0 Å². The van der Waals surface area contributed by atoms with Gasteiger partial charge in [0, 0.05) is 11.3 Å². The Morgan fingerprint density at radius 3 is 2.28 bits per heavy atom. The zero-order chi connectivity index (χ0) is 17.4. The molecule has 4 saturated carbocycles. The van der Waals surface area contributed by atoms with Gasteiger partial charge in [0.15, 0.2) is 0 Å². The number of hydrogen-bond acceptors (Lipinski definition) is 2. The molecule has 0 unspecified atom stereocenters. The van der Waals surface area contributed by atoms with E-state index in [9.17, 15) is 9.18 Å². The maximum atomic E-state index is 12.9. The maximum Gasteiger partial charge on any atom is 0.232 e. The summed E-state index contributed by atoms with van der Waals surface area (Å²) in [6, 6.07) is 6.52. The van der Waals surface area contributed by atoms with Crippen molar-refractivity contribution in [3.05, 3.63) is 35.6 Å². The first-order chi connectivity index (χ1) is 12.0. The van der Waals surface area contributed by atoms with Crippen molar-refractivity contribution in [3.63, 3.8) is 0 Å². The lowest BCUT2D eigenvalue weighted by molar-refractivity contribution is -0.120. The number of halogens is 1. The monoisotopic (exact) mass is 361 g/mol. The number of nitrogens with one attached hydrogen (secondary N) is 1. The van der Waals surface area contributed by atoms with Crippen LogP contribution < -0.4 is 5.32 Å². The molecule has 0 aliphatic heterocycles. The average Bonchev–Trinajstić information content (AvgIpc) is 2.55. The third-order valence-electron chi connectivity index (χ3n) is 6.40. The number of thioether (sulfide) groups is 1. The van der Waals surface area contributed by atoms with Crippen LogP contribution in [0.3, 0.4) is 0 Å². The van der Waals surface area contributed by atoms with Crippen molar-refractivity contribution in [1.29, 1.82) is 0 Å². The molecule has 1 N–H and O–H groups in total. The minimum Gasteiger partial charge on any atom is -0.355 e. The number of benzene rings is 1. The van der Waals surface area contributed by atoms with Crippen molar-refractivity contribution in [2.75, 3.05) is 6.54 Å². The molecule has 1 amide bonds. The number of amides is 1. The first-order valence-electron chi connectivity index (χ1n) is 9.71. The number of carbonyl (C=O) groups is 1. The lowest BCUT2D eigenvalue weighted by Gasteiger charge is -2.57. The summed E-state index contributed by atoms with van der Waals surface area (Å²) in [4.78, 5) is 12.5. The lowest BCUT2D eigenvalue weighted by Crippen LogP contribution is -2.50. The molecule has 4 fully saturated rings. The van der Waals surface area contributed by atoms with Gasteiger partial charge in [0.2, 0.25) is 5.91 Å². The highest BCUT2D eigenvalue weighted by atomic mass is 32.2. The van der Waals surface area contributed by atoms with Gasteiger partial charge < -0.3 is 5.32 Å². The largest absolute Gasteiger partial charge is 0.355 e. The van der Waals surface area contributed by atoms with E-state index >= 15 is 0 Å². The number of carbonyl (C=O) groups excluding carboxylic acids is 1. The summed E-state index contributed by atoms with van der Waals surface area (Å²) in [6.45, 7) is 2.69. The molecule has 1 atom stereocenters. The van der Waals surface area contributed by atoms with Gasteiger partial charge in [0.1, 0.15) is 5.82 Å². The highest BCUT2D eigenvalue weighted by Crippen LogP contribution is 2.61. The smallest absolute Gasteiger partial charge is 0.232 e. The van der Waals surface area contributed by atoms with Crippen molar-refractivity contribution < 1.29 is 9.18 Å². The van der Waals surface area contributed by atoms with Gasteiger partial charge in [-0.1, -0.05) is 12.1 Å². The minimum atomic E-state index is -0.214. The highest BCUT2D eigenvalue weighted by Gasteiger charge is 2.52. The van der Waals surface area contributed by atoms with Crippen molar-refractivity contribution in [3.8, 4) is 0 Å². The molecule has 1 aromatic rings. The second-order valence-corrected chi connectivity index (χ2v) is 10.3. The van der Waals surface area contributed by atoms with Crippen LogP contribution in [0.2, 0.25) is 0 Å². The normalized spacial score (nSPS) is 34.1. The molecule has 1 aromatic carbocycles. The van der Waals surface area contributed by atoms with E-state index in [-0.39, 0.29) is 17.0 Å². The van der Waals surface area contributed by atoms with Crippen LogP contribution in [-0.4, -0.2) is 22.4 Å². The van der Waals surface area contributed by atoms with Crippen molar-refractivity contribution in [2.45, 2.75) is 61.9 Å². The Kier molecular flexibility index (Phi) is 4.83. The zero-order valence-electron chi connectivity index (χ0n) is 15.0. The predicted molar refractivity (Wildman–Crippen MR) is 101 cm³/mol. The van der Waals surface area contributed by atoms with Gasteiger partial charge in [-0.15, -0.1) is 11.8 Å². The molecule has 0 heterocycles. The zero-order valence-corrected chi connectivity index (χ0v) is 15.8. The highest BCUT2D eigenvalue weighted by molar-refractivity contribution is 8.01. The fourth-order valence-corrected chi connectivity index (χ4v) is 7.67. The Morgan fingerprint density at radius 2 is 1.72 bits per heavy atom. The average molecular weight is 362 g/mol. The minimum absolute atomic E-state index is 0.0180. The van der Waals surface area contributed by atoms with Crippen LogP contribution in [0.1, 0.15) is 51.0 Å². The van der Waals surface area contributed by atoms with Crippen molar-refractivity contribution in [1.82, 2.24) is 5.32 Å². The third kappa shape index (κ3) is 3.89. The fourth-order valence-electron chi connectivity index (χ4n) is 5.73. The standard InChI is InChI=1S/C21H28FNOS/c1-14(20(24)23-7-6-15-2-4-19(22)5-3-15)25-21-11-16-8-17(12-21)10-18(9-16)13-21/h2-5,14,16-18H,6-13H2,1H3,(H,23,24)/t14-,16?,17?,18?,21?/m0/s1. The van der Waals surface area contributed by atoms with Gasteiger partial charge in [-0.3, -0.25) is 4.79 Å². The SMILES string of the molecule is C[C@H](SC12CC3CC(CC(C3)C1)C2)C(=O)NCCc1ccc(F)cc1. The Labute approximate surface area is 154 Å². The molecule has 4 heteroatoms. The fraction of sp³-hybridized carbons (Fsp3) is 0.667. The molecule has 136 valence electrons. The molecular formula is C21H28FNOS. The van der Waals surface area contributed by atoms with E-state index in [0.29, 0.717) is 11.3 Å². The van der Waals surface area contributed by atoms with Crippen LogP contribution >= 0.6 is 11.8 Å². The molecule has 4 aliphatic rings. The summed E-state index contributed by atoms with van der Waals surface area (Å²) >= 11 is 1.95. The molecule has 0 aromatic heterocycles. The summed E-state index contributed by atoms with van der Waals surface area (Å²) < 4.78 is 13.3.